The molecule has 1 aromatic rings. The van der Waals surface area contributed by atoms with Crippen LogP contribution in [0.3, 0.4) is 0 Å². The van der Waals surface area contributed by atoms with Crippen LogP contribution in [-0.4, -0.2) is 31.1 Å². The minimum Gasteiger partial charge on any atom is -0.313 e. The zero-order valence-corrected chi connectivity index (χ0v) is 11.9. The van der Waals surface area contributed by atoms with Crippen molar-refractivity contribution < 1.29 is 0 Å². The van der Waals surface area contributed by atoms with E-state index >= 15 is 0 Å². The number of nitrogens with zero attached hydrogens (tertiary/aromatic N) is 1. The fraction of sp³-hybridized carbons (Fsp3) is 0.600. The normalized spacial score (nSPS) is 11.5. The second kappa shape index (κ2) is 6.77. The van der Waals surface area contributed by atoms with Crippen LogP contribution in [-0.2, 0) is 6.54 Å². The van der Waals surface area contributed by atoms with Gasteiger partial charge < -0.3 is 10.2 Å². The first-order chi connectivity index (χ1) is 8.00. The first-order valence-corrected chi connectivity index (χ1v) is 6.47. The summed E-state index contributed by atoms with van der Waals surface area (Å²) >= 11 is 0. The predicted octanol–water partition coefficient (Wildman–Crippen LogP) is 2.73. The summed E-state index contributed by atoms with van der Waals surface area (Å²) in [4.78, 5) is 2.38. The highest BCUT2D eigenvalue weighted by Crippen LogP contribution is 2.14. The van der Waals surface area contributed by atoms with Gasteiger partial charge in [-0.05, 0) is 37.6 Å². The van der Waals surface area contributed by atoms with Crippen LogP contribution in [0.25, 0.3) is 0 Å². The van der Waals surface area contributed by atoms with Gasteiger partial charge in [-0.25, -0.2) is 0 Å². The van der Waals surface area contributed by atoms with Gasteiger partial charge in [0.2, 0.25) is 0 Å². The van der Waals surface area contributed by atoms with E-state index in [0.717, 1.165) is 19.6 Å². The Morgan fingerprint density at radius 3 is 2.29 bits per heavy atom. The lowest BCUT2D eigenvalue weighted by Crippen LogP contribution is -2.32. The number of rotatable bonds is 6. The van der Waals surface area contributed by atoms with Gasteiger partial charge in [-0.2, -0.15) is 0 Å². The molecule has 1 N–H and O–H groups in total. The van der Waals surface area contributed by atoms with Gasteiger partial charge in [-0.1, -0.05) is 32.0 Å². The van der Waals surface area contributed by atoms with Crippen LogP contribution in [0.1, 0.15) is 30.5 Å². The average molecular weight is 234 g/mol. The van der Waals surface area contributed by atoms with Crippen molar-refractivity contribution in [3.8, 4) is 0 Å². The third kappa shape index (κ3) is 4.88. The largest absolute Gasteiger partial charge is 0.313 e. The molecule has 1 rings (SSSR count). The zero-order chi connectivity index (χ0) is 12.8. The quantitative estimate of drug-likeness (QED) is 0.814. The Kier molecular flexibility index (Phi) is 5.66. The van der Waals surface area contributed by atoms with E-state index in [1.54, 1.807) is 0 Å². The smallest absolute Gasteiger partial charge is 0.0236 e. The Bertz CT molecular complexity index is 325. The molecule has 0 bridgehead atoms. The number of nitrogens with one attached hydrogen (secondary N) is 1. The maximum Gasteiger partial charge on any atom is 0.0236 e. The molecule has 0 spiro atoms. The highest BCUT2D eigenvalue weighted by molar-refractivity contribution is 5.33. The van der Waals surface area contributed by atoms with Crippen LogP contribution in [0.2, 0.25) is 0 Å². The summed E-state index contributed by atoms with van der Waals surface area (Å²) in [5.41, 5.74) is 4.27. The van der Waals surface area contributed by atoms with Crippen molar-refractivity contribution in [3.05, 3.63) is 34.9 Å². The van der Waals surface area contributed by atoms with Crippen LogP contribution >= 0.6 is 0 Å². The Labute approximate surface area is 106 Å². The third-order valence-electron chi connectivity index (χ3n) is 3.12. The van der Waals surface area contributed by atoms with Crippen molar-refractivity contribution in [1.82, 2.24) is 10.2 Å². The van der Waals surface area contributed by atoms with E-state index in [-0.39, 0.29) is 0 Å². The van der Waals surface area contributed by atoms with Crippen LogP contribution in [0, 0.1) is 13.8 Å². The number of hydrogen-bond donors (Lipinski definition) is 1. The molecule has 0 saturated heterocycles. The number of benzene rings is 1. The van der Waals surface area contributed by atoms with E-state index in [0.29, 0.717) is 6.04 Å². The Morgan fingerprint density at radius 2 is 1.76 bits per heavy atom. The van der Waals surface area contributed by atoms with Gasteiger partial charge in [-0.3, -0.25) is 0 Å². The molecule has 0 radical (unpaired) electrons. The number of aryl methyl sites for hydroxylation is 2. The van der Waals surface area contributed by atoms with Gasteiger partial charge in [-0.15, -0.1) is 0 Å². The summed E-state index contributed by atoms with van der Waals surface area (Å²) in [6.07, 6.45) is 0. The van der Waals surface area contributed by atoms with Gasteiger partial charge in [0.1, 0.15) is 0 Å². The first kappa shape index (κ1) is 14.2. The molecular weight excluding hydrogens is 208 g/mol. The van der Waals surface area contributed by atoms with Crippen LogP contribution in [0.4, 0.5) is 0 Å². The summed E-state index contributed by atoms with van der Waals surface area (Å²) in [7, 11) is 2.19. The van der Waals surface area contributed by atoms with Crippen molar-refractivity contribution in [2.45, 2.75) is 40.3 Å². The lowest BCUT2D eigenvalue weighted by atomic mass is 10.0. The highest BCUT2D eigenvalue weighted by atomic mass is 15.1. The van der Waals surface area contributed by atoms with E-state index in [1.807, 2.05) is 0 Å². The summed E-state index contributed by atoms with van der Waals surface area (Å²) in [6, 6.07) is 7.10. The molecule has 0 aliphatic carbocycles. The molecule has 17 heavy (non-hydrogen) atoms. The standard InChI is InChI=1S/C15H26N2/c1-12(2)16-9-10-17(5)11-15-13(3)7-6-8-14(15)4/h6-8,12,16H,9-11H2,1-5H3. The lowest BCUT2D eigenvalue weighted by Gasteiger charge is -2.20. The van der Waals surface area contributed by atoms with Crippen molar-refractivity contribution in [2.75, 3.05) is 20.1 Å². The van der Waals surface area contributed by atoms with Gasteiger partial charge in [0.05, 0.1) is 0 Å². The first-order valence-electron chi connectivity index (χ1n) is 6.47. The molecule has 0 aliphatic rings. The second-order valence-electron chi connectivity index (χ2n) is 5.22. The van der Waals surface area contributed by atoms with E-state index in [9.17, 15) is 0 Å². The molecule has 0 unspecified atom stereocenters. The zero-order valence-electron chi connectivity index (χ0n) is 11.9. The molecule has 2 heteroatoms. The number of hydrogen-bond acceptors (Lipinski definition) is 2. The van der Waals surface area contributed by atoms with Gasteiger partial charge >= 0.3 is 0 Å². The molecule has 1 aromatic carbocycles. The van der Waals surface area contributed by atoms with Crippen molar-refractivity contribution in [2.24, 2.45) is 0 Å². The maximum absolute atomic E-state index is 3.45. The van der Waals surface area contributed by atoms with E-state index in [2.05, 4.69) is 63.2 Å². The summed E-state index contributed by atoms with van der Waals surface area (Å²) in [6.45, 7) is 11.9. The SMILES string of the molecule is Cc1cccc(C)c1CN(C)CCNC(C)C. The topological polar surface area (TPSA) is 15.3 Å². The average Bonchev–Trinajstić information content (AvgIpc) is 2.23. The van der Waals surface area contributed by atoms with Crippen LogP contribution in [0.5, 0.6) is 0 Å². The minimum absolute atomic E-state index is 0.573. The fourth-order valence-corrected chi connectivity index (χ4v) is 1.99. The molecule has 0 atom stereocenters. The molecule has 2 nitrogen and oxygen atoms in total. The Balaban J connectivity index is 2.47. The molecule has 0 fully saturated rings. The fourth-order valence-electron chi connectivity index (χ4n) is 1.99. The van der Waals surface area contributed by atoms with E-state index in [4.69, 9.17) is 0 Å². The van der Waals surface area contributed by atoms with E-state index < -0.39 is 0 Å². The molecule has 0 heterocycles. The van der Waals surface area contributed by atoms with Crippen molar-refractivity contribution >= 4 is 0 Å². The summed E-state index contributed by atoms with van der Waals surface area (Å²) in [5, 5.41) is 3.45. The summed E-state index contributed by atoms with van der Waals surface area (Å²) in [5.74, 6) is 0. The molecule has 0 amide bonds. The minimum atomic E-state index is 0.573. The van der Waals surface area contributed by atoms with Gasteiger partial charge in [0, 0.05) is 25.7 Å². The Morgan fingerprint density at radius 1 is 1.18 bits per heavy atom. The molecule has 96 valence electrons. The molecular formula is C15H26N2. The lowest BCUT2D eigenvalue weighted by molar-refractivity contribution is 0.319. The summed E-state index contributed by atoms with van der Waals surface area (Å²) < 4.78 is 0. The van der Waals surface area contributed by atoms with Crippen molar-refractivity contribution in [3.63, 3.8) is 0 Å². The third-order valence-corrected chi connectivity index (χ3v) is 3.12. The van der Waals surface area contributed by atoms with Crippen LogP contribution in [0.15, 0.2) is 18.2 Å². The van der Waals surface area contributed by atoms with Crippen LogP contribution < -0.4 is 5.32 Å². The second-order valence-corrected chi connectivity index (χ2v) is 5.22. The molecule has 0 aromatic heterocycles. The van der Waals surface area contributed by atoms with E-state index in [1.165, 1.54) is 16.7 Å². The number of likely N-dealkylation sites (N-methyl/N-ethyl adjacent to an activating group) is 1. The highest BCUT2D eigenvalue weighted by Gasteiger charge is 2.05. The van der Waals surface area contributed by atoms with Gasteiger partial charge in [0.15, 0.2) is 0 Å². The maximum atomic E-state index is 3.45. The van der Waals surface area contributed by atoms with Crippen molar-refractivity contribution in [1.29, 1.82) is 0 Å². The monoisotopic (exact) mass is 234 g/mol. The predicted molar refractivity (Wildman–Crippen MR) is 75.4 cm³/mol. The van der Waals surface area contributed by atoms with Gasteiger partial charge in [0.25, 0.3) is 0 Å². The Hall–Kier alpha value is -0.860. The molecule has 0 saturated carbocycles. The molecule has 0 aliphatic heterocycles.